The zero-order chi connectivity index (χ0) is 22.6. The lowest BCUT2D eigenvalue weighted by Crippen LogP contribution is -2.09. The van der Waals surface area contributed by atoms with Gasteiger partial charge in [0.2, 0.25) is 0 Å². The summed E-state index contributed by atoms with van der Waals surface area (Å²) in [7, 11) is 0. The Bertz CT molecular complexity index is 1290. The molecule has 0 aliphatic carbocycles. The molecule has 3 aromatic carbocycles. The van der Waals surface area contributed by atoms with Crippen molar-refractivity contribution in [2.24, 2.45) is 0 Å². The molecule has 5 heteroatoms. The molecule has 3 nitrogen and oxygen atoms in total. The Morgan fingerprint density at radius 3 is 1.30 bits per heavy atom. The molecule has 0 saturated carbocycles. The molecule has 0 aliphatic rings. The summed E-state index contributed by atoms with van der Waals surface area (Å²) in [4.78, 5) is 27.9. The zero-order valence-corrected chi connectivity index (χ0v) is 19.2. The van der Waals surface area contributed by atoms with E-state index in [-0.39, 0.29) is 0 Å². The molecule has 0 saturated heterocycles. The number of para-hydroxylation sites is 1. The summed E-state index contributed by atoms with van der Waals surface area (Å²) in [5.74, 6) is 0. The van der Waals surface area contributed by atoms with E-state index < -0.39 is 0 Å². The highest BCUT2D eigenvalue weighted by Gasteiger charge is 2.13. The van der Waals surface area contributed by atoms with Crippen molar-refractivity contribution in [2.75, 3.05) is 4.90 Å². The van der Waals surface area contributed by atoms with Crippen molar-refractivity contribution in [3.8, 4) is 20.9 Å². The minimum atomic E-state index is 0.728. The first-order chi connectivity index (χ1) is 16.2. The van der Waals surface area contributed by atoms with E-state index in [1.54, 1.807) is 0 Å². The molecule has 0 aliphatic heterocycles. The number of hydrogen-bond acceptors (Lipinski definition) is 5. The van der Waals surface area contributed by atoms with Crippen molar-refractivity contribution < 1.29 is 9.59 Å². The molecule has 0 fully saturated rings. The second-order valence-electron chi connectivity index (χ2n) is 7.40. The number of thiophene rings is 2. The van der Waals surface area contributed by atoms with Crippen molar-refractivity contribution in [3.05, 3.63) is 113 Å². The first kappa shape index (κ1) is 21.1. The molecule has 0 atom stereocenters. The van der Waals surface area contributed by atoms with Gasteiger partial charge in [-0.05, 0) is 71.8 Å². The number of hydrogen-bond donors (Lipinski definition) is 0. The van der Waals surface area contributed by atoms with Crippen LogP contribution in [0.15, 0.2) is 103 Å². The van der Waals surface area contributed by atoms with Crippen molar-refractivity contribution in [3.63, 3.8) is 0 Å². The van der Waals surface area contributed by atoms with Crippen molar-refractivity contribution in [1.29, 1.82) is 0 Å². The van der Waals surface area contributed by atoms with E-state index in [4.69, 9.17) is 0 Å². The predicted molar refractivity (Wildman–Crippen MR) is 139 cm³/mol. The molecule has 33 heavy (non-hydrogen) atoms. The highest BCUT2D eigenvalue weighted by atomic mass is 32.1. The standard InChI is InChI=1S/C28H19NO2S2/c30-18-25-14-16-27(32-25)20-6-10-23(11-7-20)29(22-4-2-1-3-5-22)24-12-8-21(9-13-24)28-17-15-26(19-31)33-28/h1-19H. The minimum Gasteiger partial charge on any atom is -0.311 e. The molecular weight excluding hydrogens is 446 g/mol. The Morgan fingerprint density at radius 2 is 0.909 bits per heavy atom. The topological polar surface area (TPSA) is 37.4 Å². The van der Waals surface area contributed by atoms with Crippen LogP contribution in [0.25, 0.3) is 20.9 Å². The van der Waals surface area contributed by atoms with Crippen molar-refractivity contribution >= 4 is 52.3 Å². The van der Waals surface area contributed by atoms with E-state index in [0.717, 1.165) is 60.3 Å². The zero-order valence-electron chi connectivity index (χ0n) is 17.5. The number of carbonyl (C=O) groups is 2. The van der Waals surface area contributed by atoms with Gasteiger partial charge in [-0.3, -0.25) is 9.59 Å². The van der Waals surface area contributed by atoms with Gasteiger partial charge < -0.3 is 4.90 Å². The number of benzene rings is 3. The highest BCUT2D eigenvalue weighted by Crippen LogP contribution is 2.37. The largest absolute Gasteiger partial charge is 0.311 e. The van der Waals surface area contributed by atoms with Crippen molar-refractivity contribution in [1.82, 2.24) is 0 Å². The van der Waals surface area contributed by atoms with Gasteiger partial charge in [0.15, 0.2) is 12.6 Å². The SMILES string of the molecule is O=Cc1ccc(-c2ccc(N(c3ccccc3)c3ccc(-c4ccc(C=O)s4)cc3)cc2)s1. The first-order valence-corrected chi connectivity index (χ1v) is 12.0. The third-order valence-electron chi connectivity index (χ3n) is 5.32. The molecule has 2 aromatic heterocycles. The lowest BCUT2D eigenvalue weighted by Gasteiger charge is -2.25. The van der Waals surface area contributed by atoms with E-state index in [2.05, 4.69) is 65.6 Å². The van der Waals surface area contributed by atoms with E-state index in [9.17, 15) is 9.59 Å². The maximum atomic E-state index is 11.0. The van der Waals surface area contributed by atoms with Crippen molar-refractivity contribution in [2.45, 2.75) is 0 Å². The average Bonchev–Trinajstić information content (AvgIpc) is 3.56. The fraction of sp³-hybridized carbons (Fsp3) is 0. The Balaban J connectivity index is 1.50. The van der Waals surface area contributed by atoms with E-state index in [1.165, 1.54) is 22.7 Å². The Labute approximate surface area is 200 Å². The van der Waals surface area contributed by atoms with Gasteiger partial charge in [0, 0.05) is 26.8 Å². The molecule has 5 rings (SSSR count). The summed E-state index contributed by atoms with van der Waals surface area (Å²) in [6.07, 6.45) is 1.78. The van der Waals surface area contributed by atoms with Crippen LogP contribution in [-0.4, -0.2) is 12.6 Å². The quantitative estimate of drug-likeness (QED) is 0.227. The van der Waals surface area contributed by atoms with Gasteiger partial charge in [-0.1, -0.05) is 42.5 Å². The summed E-state index contributed by atoms with van der Waals surface area (Å²) in [5, 5.41) is 0. The highest BCUT2D eigenvalue weighted by molar-refractivity contribution is 7.17. The number of nitrogens with zero attached hydrogens (tertiary/aromatic N) is 1. The van der Waals surface area contributed by atoms with E-state index in [1.807, 2.05) is 42.5 Å². The molecule has 160 valence electrons. The van der Waals surface area contributed by atoms with Crippen LogP contribution < -0.4 is 4.90 Å². The molecule has 2 heterocycles. The van der Waals surface area contributed by atoms with Gasteiger partial charge in [0.25, 0.3) is 0 Å². The molecule has 0 N–H and O–H groups in total. The third kappa shape index (κ3) is 4.42. The number of anilines is 3. The molecule has 0 radical (unpaired) electrons. The smallest absolute Gasteiger partial charge is 0.160 e. The minimum absolute atomic E-state index is 0.728. The van der Waals surface area contributed by atoms with E-state index >= 15 is 0 Å². The Morgan fingerprint density at radius 1 is 0.485 bits per heavy atom. The van der Waals surface area contributed by atoms with Gasteiger partial charge in [-0.15, -0.1) is 22.7 Å². The van der Waals surface area contributed by atoms with Crippen LogP contribution in [0.4, 0.5) is 17.1 Å². The maximum absolute atomic E-state index is 11.0. The second kappa shape index (κ2) is 9.36. The summed E-state index contributed by atoms with van der Waals surface area (Å²) in [5.41, 5.74) is 5.33. The fourth-order valence-electron chi connectivity index (χ4n) is 3.72. The normalized spacial score (nSPS) is 10.7. The van der Waals surface area contributed by atoms with Crippen LogP contribution in [-0.2, 0) is 0 Å². The first-order valence-electron chi connectivity index (χ1n) is 10.4. The number of carbonyl (C=O) groups excluding carboxylic acids is 2. The molecule has 0 bridgehead atoms. The van der Waals surface area contributed by atoms with Crippen LogP contribution >= 0.6 is 22.7 Å². The number of aldehydes is 2. The van der Waals surface area contributed by atoms with E-state index in [0.29, 0.717) is 0 Å². The van der Waals surface area contributed by atoms with Gasteiger partial charge in [0.1, 0.15) is 0 Å². The van der Waals surface area contributed by atoms with Crippen LogP contribution in [0.1, 0.15) is 19.3 Å². The monoisotopic (exact) mass is 465 g/mol. The Hall–Kier alpha value is -3.80. The van der Waals surface area contributed by atoms with Crippen LogP contribution in [0.3, 0.4) is 0 Å². The molecule has 5 aromatic rings. The second-order valence-corrected chi connectivity index (χ2v) is 9.64. The summed E-state index contributed by atoms with van der Waals surface area (Å²) in [6, 6.07) is 34.7. The molecular formula is C28H19NO2S2. The van der Waals surface area contributed by atoms with Crippen LogP contribution in [0.2, 0.25) is 0 Å². The predicted octanol–water partition coefficient (Wildman–Crippen LogP) is 8.24. The number of rotatable bonds is 7. The van der Waals surface area contributed by atoms with Gasteiger partial charge in [-0.2, -0.15) is 0 Å². The fourth-order valence-corrected chi connectivity index (χ4v) is 5.37. The van der Waals surface area contributed by atoms with Crippen LogP contribution in [0, 0.1) is 0 Å². The molecule has 0 spiro atoms. The Kier molecular flexibility index (Phi) is 5.98. The lowest BCUT2D eigenvalue weighted by molar-refractivity contribution is 0.111. The van der Waals surface area contributed by atoms with Gasteiger partial charge in [-0.25, -0.2) is 0 Å². The van der Waals surface area contributed by atoms with Crippen LogP contribution in [0.5, 0.6) is 0 Å². The average molecular weight is 466 g/mol. The molecule has 0 unspecified atom stereocenters. The van der Waals surface area contributed by atoms with Gasteiger partial charge >= 0.3 is 0 Å². The summed E-state index contributed by atoms with van der Waals surface area (Å²) < 4.78 is 0. The maximum Gasteiger partial charge on any atom is 0.160 e. The van der Waals surface area contributed by atoms with Gasteiger partial charge in [0.05, 0.1) is 9.75 Å². The summed E-state index contributed by atoms with van der Waals surface area (Å²) in [6.45, 7) is 0. The lowest BCUT2D eigenvalue weighted by atomic mass is 10.1. The third-order valence-corrected chi connectivity index (χ3v) is 7.44. The summed E-state index contributed by atoms with van der Waals surface area (Å²) >= 11 is 2.99. The molecule has 0 amide bonds.